The molecule has 0 fully saturated rings. The molecule has 0 aliphatic rings. The third-order valence-electron chi connectivity index (χ3n) is 4.19. The highest BCUT2D eigenvalue weighted by Gasteiger charge is 2.15. The Bertz CT molecular complexity index is 1200. The topological polar surface area (TPSA) is 42.2 Å². The van der Waals surface area contributed by atoms with Crippen LogP contribution < -0.4 is 5.32 Å². The Hall–Kier alpha value is -3.10. The predicted octanol–water partition coefficient (Wildman–Crippen LogP) is 5.38. The summed E-state index contributed by atoms with van der Waals surface area (Å²) in [4.78, 5) is 6.88. The van der Waals surface area contributed by atoms with Gasteiger partial charge in [0.05, 0.1) is 21.6 Å². The molecule has 0 amide bonds. The standard InChI is InChI=1S/C23H22N4S/c1-16-7-5-6-8-17(16)9-10-18-11-12-20(28-18)19-15-22(26-23(2,3)4)27-21(25-19)13-14-24-27/h5-8,11-15,26H,1-4H3. The summed E-state index contributed by atoms with van der Waals surface area (Å²) in [6, 6.07) is 16.3. The summed E-state index contributed by atoms with van der Waals surface area (Å²) in [5.41, 5.74) is 3.93. The molecule has 0 saturated heterocycles. The van der Waals surface area contributed by atoms with E-state index in [0.29, 0.717) is 0 Å². The molecule has 1 N–H and O–H groups in total. The van der Waals surface area contributed by atoms with Gasteiger partial charge in [-0.1, -0.05) is 30.0 Å². The van der Waals surface area contributed by atoms with Crippen molar-refractivity contribution in [1.82, 2.24) is 14.6 Å². The second kappa shape index (κ2) is 7.14. The number of nitrogens with zero attached hydrogens (tertiary/aromatic N) is 3. The van der Waals surface area contributed by atoms with Gasteiger partial charge in [-0.3, -0.25) is 0 Å². The van der Waals surface area contributed by atoms with Crippen molar-refractivity contribution in [3.8, 4) is 22.4 Å². The largest absolute Gasteiger partial charge is 0.365 e. The number of benzene rings is 1. The number of anilines is 1. The van der Waals surface area contributed by atoms with Crippen LogP contribution in [-0.2, 0) is 0 Å². The minimum Gasteiger partial charge on any atom is -0.365 e. The minimum absolute atomic E-state index is 0.0723. The third-order valence-corrected chi connectivity index (χ3v) is 5.21. The van der Waals surface area contributed by atoms with Crippen LogP contribution in [0.5, 0.6) is 0 Å². The third kappa shape index (κ3) is 3.92. The molecule has 0 unspecified atom stereocenters. The van der Waals surface area contributed by atoms with Crippen LogP contribution in [0, 0.1) is 18.8 Å². The molecule has 0 radical (unpaired) electrons. The number of hydrogen-bond acceptors (Lipinski definition) is 4. The molecule has 0 spiro atoms. The first-order chi connectivity index (χ1) is 13.4. The molecule has 0 aliphatic carbocycles. The first-order valence-electron chi connectivity index (χ1n) is 9.20. The fourth-order valence-electron chi connectivity index (χ4n) is 2.90. The van der Waals surface area contributed by atoms with Crippen LogP contribution in [0.3, 0.4) is 0 Å². The molecule has 0 aliphatic heterocycles. The lowest BCUT2D eigenvalue weighted by Crippen LogP contribution is -2.27. The van der Waals surface area contributed by atoms with Crippen molar-refractivity contribution in [2.75, 3.05) is 5.32 Å². The van der Waals surface area contributed by atoms with Crippen LogP contribution in [0.15, 0.2) is 54.7 Å². The van der Waals surface area contributed by atoms with Crippen molar-refractivity contribution in [3.63, 3.8) is 0 Å². The molecule has 1 aromatic carbocycles. The van der Waals surface area contributed by atoms with Gasteiger partial charge in [-0.2, -0.15) is 9.61 Å². The van der Waals surface area contributed by atoms with Gasteiger partial charge < -0.3 is 5.32 Å². The van der Waals surface area contributed by atoms with Gasteiger partial charge in [0.25, 0.3) is 0 Å². The Balaban J connectivity index is 1.69. The number of aromatic nitrogens is 3. The van der Waals surface area contributed by atoms with Crippen molar-refractivity contribution in [2.45, 2.75) is 33.2 Å². The SMILES string of the molecule is Cc1ccccc1C#Cc1ccc(-c2cc(NC(C)(C)C)n3nccc3n2)s1. The summed E-state index contributed by atoms with van der Waals surface area (Å²) in [7, 11) is 0. The Kier molecular flexibility index (Phi) is 4.66. The van der Waals surface area contributed by atoms with Gasteiger partial charge in [-0.15, -0.1) is 11.3 Å². The first kappa shape index (κ1) is 18.3. The molecule has 4 aromatic rings. The summed E-state index contributed by atoms with van der Waals surface area (Å²) >= 11 is 1.66. The molecule has 3 heterocycles. The Morgan fingerprint density at radius 1 is 1.04 bits per heavy atom. The van der Waals surface area contributed by atoms with Crippen molar-refractivity contribution >= 4 is 22.8 Å². The van der Waals surface area contributed by atoms with E-state index in [1.54, 1.807) is 17.5 Å². The van der Waals surface area contributed by atoms with Crippen LogP contribution in [0.2, 0.25) is 0 Å². The van der Waals surface area contributed by atoms with E-state index in [1.165, 1.54) is 5.56 Å². The molecule has 0 atom stereocenters. The van der Waals surface area contributed by atoms with Gasteiger partial charge in [-0.25, -0.2) is 4.98 Å². The normalized spacial score (nSPS) is 11.3. The highest BCUT2D eigenvalue weighted by molar-refractivity contribution is 7.16. The predicted molar refractivity (Wildman–Crippen MR) is 117 cm³/mol. The van der Waals surface area contributed by atoms with E-state index >= 15 is 0 Å². The summed E-state index contributed by atoms with van der Waals surface area (Å²) < 4.78 is 1.83. The molecular formula is C23H22N4S. The van der Waals surface area contributed by atoms with Gasteiger partial charge in [-0.05, 0) is 51.5 Å². The van der Waals surface area contributed by atoms with Gasteiger partial charge in [0, 0.05) is 23.2 Å². The zero-order valence-electron chi connectivity index (χ0n) is 16.4. The highest BCUT2D eigenvalue weighted by atomic mass is 32.1. The van der Waals surface area contributed by atoms with Gasteiger partial charge in [0.1, 0.15) is 5.82 Å². The molecule has 5 heteroatoms. The number of thiophene rings is 1. The fourth-order valence-corrected chi connectivity index (χ4v) is 3.72. The molecular weight excluding hydrogens is 364 g/mol. The number of aryl methyl sites for hydroxylation is 1. The quantitative estimate of drug-likeness (QED) is 0.471. The molecule has 28 heavy (non-hydrogen) atoms. The maximum Gasteiger partial charge on any atom is 0.158 e. The van der Waals surface area contributed by atoms with Crippen molar-refractivity contribution in [1.29, 1.82) is 0 Å². The average Bonchev–Trinajstić information content (AvgIpc) is 3.29. The van der Waals surface area contributed by atoms with E-state index in [0.717, 1.165) is 32.5 Å². The van der Waals surface area contributed by atoms with Crippen LogP contribution >= 0.6 is 11.3 Å². The van der Waals surface area contributed by atoms with Crippen LogP contribution in [0.4, 0.5) is 5.82 Å². The summed E-state index contributed by atoms with van der Waals surface area (Å²) in [6.45, 7) is 8.48. The second-order valence-corrected chi connectivity index (χ2v) is 8.82. The van der Waals surface area contributed by atoms with E-state index in [2.05, 4.69) is 80.3 Å². The van der Waals surface area contributed by atoms with E-state index in [9.17, 15) is 0 Å². The molecule has 4 nitrogen and oxygen atoms in total. The van der Waals surface area contributed by atoms with E-state index < -0.39 is 0 Å². The molecule has 0 bridgehead atoms. The average molecular weight is 387 g/mol. The van der Waals surface area contributed by atoms with E-state index in [-0.39, 0.29) is 5.54 Å². The first-order valence-corrected chi connectivity index (χ1v) is 10.0. The molecule has 4 rings (SSSR count). The van der Waals surface area contributed by atoms with Gasteiger partial charge >= 0.3 is 0 Å². The van der Waals surface area contributed by atoms with E-state index in [1.807, 2.05) is 22.7 Å². The zero-order valence-corrected chi connectivity index (χ0v) is 17.3. The molecule has 0 saturated carbocycles. The smallest absolute Gasteiger partial charge is 0.158 e. The molecule has 3 aromatic heterocycles. The van der Waals surface area contributed by atoms with Crippen molar-refractivity contribution in [3.05, 3.63) is 70.7 Å². The Morgan fingerprint density at radius 2 is 1.86 bits per heavy atom. The summed E-state index contributed by atoms with van der Waals surface area (Å²) in [5.74, 6) is 7.49. The maximum absolute atomic E-state index is 4.76. The summed E-state index contributed by atoms with van der Waals surface area (Å²) in [6.07, 6.45) is 1.77. The Morgan fingerprint density at radius 3 is 2.64 bits per heavy atom. The number of rotatable bonds is 2. The fraction of sp³-hybridized carbons (Fsp3) is 0.217. The van der Waals surface area contributed by atoms with Crippen molar-refractivity contribution < 1.29 is 0 Å². The lowest BCUT2D eigenvalue weighted by molar-refractivity contribution is 0.625. The van der Waals surface area contributed by atoms with Crippen LogP contribution in [0.25, 0.3) is 16.2 Å². The lowest BCUT2D eigenvalue weighted by atomic mass is 10.1. The number of hydrogen-bond donors (Lipinski definition) is 1. The van der Waals surface area contributed by atoms with Crippen molar-refractivity contribution in [2.24, 2.45) is 0 Å². The summed E-state index contributed by atoms with van der Waals surface area (Å²) in [5, 5.41) is 7.90. The van der Waals surface area contributed by atoms with Crippen LogP contribution in [-0.4, -0.2) is 20.1 Å². The lowest BCUT2D eigenvalue weighted by Gasteiger charge is -2.22. The number of fused-ring (bicyclic) bond motifs is 1. The zero-order chi connectivity index (χ0) is 19.7. The Labute approximate surface area is 169 Å². The van der Waals surface area contributed by atoms with E-state index in [4.69, 9.17) is 4.98 Å². The second-order valence-electron chi connectivity index (χ2n) is 7.73. The highest BCUT2D eigenvalue weighted by Crippen LogP contribution is 2.29. The maximum atomic E-state index is 4.76. The number of nitrogens with one attached hydrogen (secondary N) is 1. The minimum atomic E-state index is -0.0723. The van der Waals surface area contributed by atoms with Gasteiger partial charge in [0.2, 0.25) is 0 Å². The van der Waals surface area contributed by atoms with Gasteiger partial charge in [0.15, 0.2) is 5.65 Å². The molecule has 140 valence electrons. The monoisotopic (exact) mass is 386 g/mol. The van der Waals surface area contributed by atoms with Crippen LogP contribution in [0.1, 0.15) is 36.8 Å².